The summed E-state index contributed by atoms with van der Waals surface area (Å²) in [5.74, 6) is 0.181. The van der Waals surface area contributed by atoms with Crippen molar-refractivity contribution in [1.29, 1.82) is 0 Å². The summed E-state index contributed by atoms with van der Waals surface area (Å²) < 4.78 is 0. The first-order chi connectivity index (χ1) is 8.56. The van der Waals surface area contributed by atoms with Crippen molar-refractivity contribution >= 4 is 17.3 Å². The number of carbonyl (C=O) groups excluding carboxylic acids is 1. The largest absolute Gasteiger partial charge is 0.353 e. The number of nitrogens with one attached hydrogen (secondary N) is 1. The van der Waals surface area contributed by atoms with Crippen molar-refractivity contribution in [3.63, 3.8) is 0 Å². The minimum absolute atomic E-state index is 0.181. The van der Waals surface area contributed by atoms with Gasteiger partial charge in [0, 0.05) is 6.04 Å². The predicted octanol–water partition coefficient (Wildman–Crippen LogP) is 3.08. The Labute approximate surface area is 108 Å². The van der Waals surface area contributed by atoms with E-state index in [1.54, 1.807) is 0 Å². The van der Waals surface area contributed by atoms with Crippen LogP contribution < -0.4 is 10.2 Å². The lowest BCUT2D eigenvalue weighted by Crippen LogP contribution is -2.66. The molecule has 0 unspecified atom stereocenters. The number of rotatable bonds is 1. The van der Waals surface area contributed by atoms with Crippen molar-refractivity contribution in [3.05, 3.63) is 23.8 Å². The molecule has 1 N–H and O–H groups in total. The van der Waals surface area contributed by atoms with Gasteiger partial charge in [-0.05, 0) is 51.7 Å². The minimum Gasteiger partial charge on any atom is -0.353 e. The Hall–Kier alpha value is -1.51. The molecule has 18 heavy (non-hydrogen) atoms. The van der Waals surface area contributed by atoms with Gasteiger partial charge in [-0.15, -0.1) is 0 Å². The van der Waals surface area contributed by atoms with Gasteiger partial charge in [0.2, 0.25) is 5.91 Å². The van der Waals surface area contributed by atoms with E-state index in [2.05, 4.69) is 37.1 Å². The van der Waals surface area contributed by atoms with Crippen LogP contribution in [0.15, 0.2) is 18.2 Å². The van der Waals surface area contributed by atoms with Crippen LogP contribution in [0.3, 0.4) is 0 Å². The molecule has 1 aliphatic carbocycles. The van der Waals surface area contributed by atoms with E-state index in [-0.39, 0.29) is 11.4 Å². The third-order valence-corrected chi connectivity index (χ3v) is 4.31. The molecule has 0 bridgehead atoms. The molecule has 0 atom stereocenters. The Morgan fingerprint density at radius 3 is 2.61 bits per heavy atom. The highest BCUT2D eigenvalue weighted by Gasteiger charge is 2.53. The highest BCUT2D eigenvalue weighted by atomic mass is 16.2. The second kappa shape index (κ2) is 3.74. The van der Waals surface area contributed by atoms with Crippen molar-refractivity contribution in [2.45, 2.75) is 51.6 Å². The molecule has 1 fully saturated rings. The van der Waals surface area contributed by atoms with Gasteiger partial charge in [0.05, 0.1) is 11.4 Å². The number of nitrogens with zero attached hydrogens (tertiary/aromatic N) is 1. The Bertz CT molecular complexity index is 503. The fourth-order valence-electron chi connectivity index (χ4n) is 3.37. The van der Waals surface area contributed by atoms with Crippen molar-refractivity contribution in [3.8, 4) is 0 Å². The maximum absolute atomic E-state index is 12.4. The Morgan fingerprint density at radius 2 is 2.06 bits per heavy atom. The molecule has 2 aliphatic rings. The molecule has 1 aromatic rings. The molecule has 3 rings (SSSR count). The fraction of sp³-hybridized carbons (Fsp3) is 0.533. The molecule has 1 amide bonds. The minimum atomic E-state index is -0.284. The van der Waals surface area contributed by atoms with Crippen LogP contribution in [0.4, 0.5) is 11.4 Å². The van der Waals surface area contributed by atoms with E-state index < -0.39 is 0 Å². The van der Waals surface area contributed by atoms with Gasteiger partial charge in [0.25, 0.3) is 0 Å². The van der Waals surface area contributed by atoms with E-state index in [1.165, 1.54) is 11.3 Å². The summed E-state index contributed by atoms with van der Waals surface area (Å²) in [7, 11) is 0. The van der Waals surface area contributed by atoms with Crippen LogP contribution in [-0.2, 0) is 4.79 Å². The maximum Gasteiger partial charge on any atom is 0.250 e. The van der Waals surface area contributed by atoms with Crippen molar-refractivity contribution in [2.75, 3.05) is 10.2 Å². The molecular weight excluding hydrogens is 224 g/mol. The molecule has 3 nitrogen and oxygen atoms in total. The normalized spacial score (nSPS) is 20.7. The molecule has 1 aliphatic heterocycles. The smallest absolute Gasteiger partial charge is 0.250 e. The number of carbonyl (C=O) groups is 1. The van der Waals surface area contributed by atoms with Crippen molar-refractivity contribution in [2.24, 2.45) is 0 Å². The van der Waals surface area contributed by atoms with Crippen molar-refractivity contribution < 1.29 is 4.79 Å². The van der Waals surface area contributed by atoms with Gasteiger partial charge in [-0.25, -0.2) is 0 Å². The Kier molecular flexibility index (Phi) is 2.40. The second-order valence-corrected chi connectivity index (χ2v) is 5.77. The predicted molar refractivity (Wildman–Crippen MR) is 74.0 cm³/mol. The highest BCUT2D eigenvalue weighted by molar-refractivity contribution is 6.08. The van der Waals surface area contributed by atoms with Gasteiger partial charge < -0.3 is 10.2 Å². The summed E-state index contributed by atoms with van der Waals surface area (Å²) in [4.78, 5) is 14.8. The van der Waals surface area contributed by atoms with Crippen molar-refractivity contribution in [1.82, 2.24) is 0 Å². The first-order valence-corrected chi connectivity index (χ1v) is 6.77. The zero-order valence-corrected chi connectivity index (χ0v) is 11.3. The van der Waals surface area contributed by atoms with Crippen LogP contribution in [0.2, 0.25) is 0 Å². The molecular formula is C15H20N2O. The van der Waals surface area contributed by atoms with Crippen LogP contribution in [0.1, 0.15) is 38.7 Å². The average molecular weight is 244 g/mol. The molecule has 1 heterocycles. The van der Waals surface area contributed by atoms with Gasteiger partial charge in [-0.2, -0.15) is 0 Å². The third-order valence-electron chi connectivity index (χ3n) is 4.31. The van der Waals surface area contributed by atoms with Crippen LogP contribution in [0.5, 0.6) is 0 Å². The molecule has 0 radical (unpaired) electrons. The number of amides is 1. The number of hydrogen-bond acceptors (Lipinski definition) is 2. The van der Waals surface area contributed by atoms with Crippen LogP contribution in [0.25, 0.3) is 0 Å². The quantitative estimate of drug-likeness (QED) is 0.823. The number of para-hydroxylation sites is 1. The number of hydrogen-bond donors (Lipinski definition) is 1. The van der Waals surface area contributed by atoms with E-state index in [0.717, 1.165) is 24.9 Å². The van der Waals surface area contributed by atoms with Gasteiger partial charge in [0.1, 0.15) is 5.54 Å². The lowest BCUT2D eigenvalue weighted by molar-refractivity contribution is -0.124. The highest BCUT2D eigenvalue weighted by Crippen LogP contribution is 2.48. The fourth-order valence-corrected chi connectivity index (χ4v) is 3.37. The average Bonchev–Trinajstić information content (AvgIpc) is 2.24. The van der Waals surface area contributed by atoms with E-state index in [4.69, 9.17) is 0 Å². The lowest BCUT2D eigenvalue weighted by Gasteiger charge is -2.55. The maximum atomic E-state index is 12.4. The standard InChI is InChI=1S/C15H20N2O/c1-10(2)17-13-11(3)6-4-7-12(13)16-14(18)15(17)8-5-9-15/h4,6-7,10H,5,8-9H2,1-3H3,(H,16,18). The SMILES string of the molecule is Cc1cccc2c1N(C(C)C)C1(CCC1)C(=O)N2. The summed E-state index contributed by atoms with van der Waals surface area (Å²) in [5, 5.41) is 3.10. The molecule has 1 spiro atoms. The van der Waals surface area contributed by atoms with Gasteiger partial charge in [0.15, 0.2) is 0 Å². The van der Waals surface area contributed by atoms with Crippen LogP contribution in [0, 0.1) is 6.92 Å². The van der Waals surface area contributed by atoms with Gasteiger partial charge >= 0.3 is 0 Å². The first-order valence-electron chi connectivity index (χ1n) is 6.77. The van der Waals surface area contributed by atoms with E-state index in [1.807, 2.05) is 12.1 Å². The van der Waals surface area contributed by atoms with Crippen LogP contribution in [-0.4, -0.2) is 17.5 Å². The lowest BCUT2D eigenvalue weighted by atomic mass is 9.72. The third kappa shape index (κ3) is 1.33. The number of benzene rings is 1. The van der Waals surface area contributed by atoms with Gasteiger partial charge in [-0.1, -0.05) is 12.1 Å². The first kappa shape index (κ1) is 11.6. The molecule has 96 valence electrons. The summed E-state index contributed by atoms with van der Waals surface area (Å²) in [5.41, 5.74) is 3.14. The van der Waals surface area contributed by atoms with E-state index in [9.17, 15) is 4.79 Å². The molecule has 0 saturated heterocycles. The molecule has 1 aromatic carbocycles. The number of anilines is 2. The topological polar surface area (TPSA) is 32.3 Å². The van der Waals surface area contributed by atoms with Crippen LogP contribution >= 0.6 is 0 Å². The van der Waals surface area contributed by atoms with Gasteiger partial charge in [-0.3, -0.25) is 4.79 Å². The number of fused-ring (bicyclic) bond motifs is 1. The molecule has 1 saturated carbocycles. The molecule has 3 heteroatoms. The zero-order valence-electron chi connectivity index (χ0n) is 11.3. The van der Waals surface area contributed by atoms with E-state index in [0.29, 0.717) is 6.04 Å². The zero-order chi connectivity index (χ0) is 12.9. The Balaban J connectivity index is 2.19. The summed E-state index contributed by atoms with van der Waals surface area (Å²) in [6.45, 7) is 6.47. The second-order valence-electron chi connectivity index (χ2n) is 5.77. The summed E-state index contributed by atoms with van der Waals surface area (Å²) in [6.07, 6.45) is 3.10. The monoisotopic (exact) mass is 244 g/mol. The van der Waals surface area contributed by atoms with E-state index >= 15 is 0 Å². The summed E-state index contributed by atoms with van der Waals surface area (Å²) >= 11 is 0. The Morgan fingerprint density at radius 1 is 1.33 bits per heavy atom. The summed E-state index contributed by atoms with van der Waals surface area (Å²) in [6, 6.07) is 6.47. The number of aryl methyl sites for hydroxylation is 1. The molecule has 0 aromatic heterocycles.